The second kappa shape index (κ2) is 7.38. The Morgan fingerprint density at radius 3 is 2.29 bits per heavy atom. The van der Waals surface area contributed by atoms with Gasteiger partial charge >= 0.3 is 5.97 Å². The van der Waals surface area contributed by atoms with E-state index >= 15 is 0 Å². The van der Waals surface area contributed by atoms with Crippen LogP contribution in [0.5, 0.6) is 0 Å². The molecule has 0 heterocycles. The quantitative estimate of drug-likeness (QED) is 0.814. The maximum Gasteiger partial charge on any atom is 0.335 e. The third-order valence-electron chi connectivity index (χ3n) is 3.43. The van der Waals surface area contributed by atoms with Crippen LogP contribution in [0.4, 0.5) is 0 Å². The van der Waals surface area contributed by atoms with E-state index in [1.165, 1.54) is 5.56 Å². The van der Waals surface area contributed by atoms with E-state index in [0.717, 1.165) is 16.5 Å². The molecular weight excluding hydrogens is 330 g/mol. The van der Waals surface area contributed by atoms with Crippen LogP contribution in [0.25, 0.3) is 0 Å². The first-order valence-corrected chi connectivity index (χ1v) is 7.70. The number of carboxylic acid groups (broad SMARTS) is 1. The molecule has 0 saturated carbocycles. The minimum Gasteiger partial charge on any atom is -0.478 e. The molecule has 0 amide bonds. The van der Waals surface area contributed by atoms with Crippen LogP contribution in [0.1, 0.15) is 40.9 Å². The van der Waals surface area contributed by atoms with Crippen molar-refractivity contribution in [3.8, 4) is 0 Å². The molecule has 1 unspecified atom stereocenters. The van der Waals surface area contributed by atoms with Gasteiger partial charge in [-0.2, -0.15) is 0 Å². The van der Waals surface area contributed by atoms with Gasteiger partial charge in [0.2, 0.25) is 0 Å². The van der Waals surface area contributed by atoms with E-state index in [4.69, 9.17) is 5.11 Å². The first-order chi connectivity index (χ1) is 10.1. The van der Waals surface area contributed by atoms with Gasteiger partial charge in [-0.15, -0.1) is 0 Å². The third kappa shape index (κ3) is 4.41. The molecule has 0 aliphatic heterocycles. The van der Waals surface area contributed by atoms with Gasteiger partial charge in [0.25, 0.3) is 0 Å². The van der Waals surface area contributed by atoms with Gasteiger partial charge in [-0.05, 0) is 41.8 Å². The lowest BCUT2D eigenvalue weighted by Crippen LogP contribution is -2.20. The van der Waals surface area contributed by atoms with Crippen molar-refractivity contribution >= 4 is 21.9 Å². The number of aromatic carboxylic acids is 1. The van der Waals surface area contributed by atoms with Crippen molar-refractivity contribution in [3.05, 3.63) is 69.7 Å². The molecule has 0 fully saturated rings. The monoisotopic (exact) mass is 347 g/mol. The van der Waals surface area contributed by atoms with Crippen molar-refractivity contribution < 1.29 is 9.90 Å². The smallest absolute Gasteiger partial charge is 0.335 e. The van der Waals surface area contributed by atoms with E-state index < -0.39 is 5.97 Å². The van der Waals surface area contributed by atoms with Crippen molar-refractivity contribution in [2.45, 2.75) is 25.9 Å². The van der Waals surface area contributed by atoms with E-state index in [0.29, 0.717) is 12.1 Å². The summed E-state index contributed by atoms with van der Waals surface area (Å²) in [4.78, 5) is 10.8. The summed E-state index contributed by atoms with van der Waals surface area (Å²) in [7, 11) is 0. The molecular formula is C17H18BrNO2. The topological polar surface area (TPSA) is 49.3 Å². The number of rotatable bonds is 6. The number of halogens is 1. The molecule has 2 aromatic carbocycles. The van der Waals surface area contributed by atoms with Crippen LogP contribution >= 0.6 is 15.9 Å². The van der Waals surface area contributed by atoms with Crippen LogP contribution in [-0.4, -0.2) is 11.1 Å². The summed E-state index contributed by atoms with van der Waals surface area (Å²) in [6.07, 6.45) is 0.995. The normalized spacial score (nSPS) is 12.1. The molecule has 2 N–H and O–H groups in total. The molecule has 2 rings (SSSR count). The highest BCUT2D eigenvalue weighted by Gasteiger charge is 2.09. The van der Waals surface area contributed by atoms with Crippen molar-refractivity contribution in [1.29, 1.82) is 0 Å². The summed E-state index contributed by atoms with van der Waals surface area (Å²) in [5, 5.41) is 12.4. The second-order valence-electron chi connectivity index (χ2n) is 4.90. The van der Waals surface area contributed by atoms with Crippen LogP contribution in [0.2, 0.25) is 0 Å². The molecule has 0 aliphatic rings. The fourth-order valence-corrected chi connectivity index (χ4v) is 2.46. The van der Waals surface area contributed by atoms with Gasteiger partial charge in [-0.1, -0.05) is 47.1 Å². The maximum absolute atomic E-state index is 10.8. The lowest BCUT2D eigenvalue weighted by atomic mass is 10.0. The number of hydrogen-bond acceptors (Lipinski definition) is 2. The van der Waals surface area contributed by atoms with Crippen LogP contribution in [0, 0.1) is 0 Å². The largest absolute Gasteiger partial charge is 0.478 e. The number of nitrogens with one attached hydrogen (secondary N) is 1. The number of hydrogen-bond donors (Lipinski definition) is 2. The van der Waals surface area contributed by atoms with Gasteiger partial charge in [-0.25, -0.2) is 4.79 Å². The van der Waals surface area contributed by atoms with Gasteiger partial charge in [0.1, 0.15) is 0 Å². The fraction of sp³-hybridized carbons (Fsp3) is 0.235. The Morgan fingerprint density at radius 1 is 1.14 bits per heavy atom. The first kappa shape index (κ1) is 15.7. The zero-order chi connectivity index (χ0) is 15.2. The SMILES string of the molecule is CCC(NCc1ccc(C(=O)O)cc1)c1ccc(Br)cc1. The summed E-state index contributed by atoms with van der Waals surface area (Å²) < 4.78 is 1.07. The molecule has 0 saturated heterocycles. The molecule has 2 aromatic rings. The van der Waals surface area contributed by atoms with Crippen molar-refractivity contribution in [3.63, 3.8) is 0 Å². The van der Waals surface area contributed by atoms with E-state index in [2.05, 4.69) is 40.3 Å². The number of carbonyl (C=O) groups is 1. The molecule has 21 heavy (non-hydrogen) atoms. The Labute approximate surface area is 133 Å². The fourth-order valence-electron chi connectivity index (χ4n) is 2.20. The maximum atomic E-state index is 10.8. The predicted molar refractivity (Wildman–Crippen MR) is 87.4 cm³/mol. The van der Waals surface area contributed by atoms with Gasteiger partial charge in [-0.3, -0.25) is 0 Å². The van der Waals surface area contributed by atoms with Crippen LogP contribution < -0.4 is 5.32 Å². The molecule has 110 valence electrons. The summed E-state index contributed by atoms with van der Waals surface area (Å²) >= 11 is 3.44. The standard InChI is InChI=1S/C17H18BrNO2/c1-2-16(13-7-9-15(18)10-8-13)19-11-12-3-5-14(6-4-12)17(20)21/h3-10,16,19H,2,11H2,1H3,(H,20,21). The highest BCUT2D eigenvalue weighted by atomic mass is 79.9. The molecule has 1 atom stereocenters. The van der Waals surface area contributed by atoms with E-state index in [1.807, 2.05) is 24.3 Å². The van der Waals surface area contributed by atoms with Gasteiger partial charge in [0, 0.05) is 17.1 Å². The summed E-state index contributed by atoms with van der Waals surface area (Å²) in [6, 6.07) is 15.6. The Hall–Kier alpha value is -1.65. The number of benzene rings is 2. The average molecular weight is 348 g/mol. The van der Waals surface area contributed by atoms with Crippen LogP contribution in [0.3, 0.4) is 0 Å². The first-order valence-electron chi connectivity index (χ1n) is 6.91. The molecule has 0 bridgehead atoms. The van der Waals surface area contributed by atoms with Gasteiger partial charge in [0.15, 0.2) is 0 Å². The molecule has 3 nitrogen and oxygen atoms in total. The van der Waals surface area contributed by atoms with Crippen molar-refractivity contribution in [2.75, 3.05) is 0 Å². The van der Waals surface area contributed by atoms with Crippen molar-refractivity contribution in [1.82, 2.24) is 5.32 Å². The third-order valence-corrected chi connectivity index (χ3v) is 3.96. The Kier molecular flexibility index (Phi) is 5.53. The van der Waals surface area contributed by atoms with Crippen LogP contribution in [0.15, 0.2) is 53.0 Å². The average Bonchev–Trinajstić information content (AvgIpc) is 2.50. The molecule has 0 aromatic heterocycles. The Balaban J connectivity index is 1.99. The zero-order valence-corrected chi connectivity index (χ0v) is 13.4. The van der Waals surface area contributed by atoms with E-state index in [1.54, 1.807) is 12.1 Å². The van der Waals surface area contributed by atoms with Crippen molar-refractivity contribution in [2.24, 2.45) is 0 Å². The van der Waals surface area contributed by atoms with E-state index in [9.17, 15) is 4.79 Å². The van der Waals surface area contributed by atoms with E-state index in [-0.39, 0.29) is 6.04 Å². The number of carboxylic acids is 1. The Bertz CT molecular complexity index is 593. The molecule has 0 aliphatic carbocycles. The minimum atomic E-state index is -0.893. The lowest BCUT2D eigenvalue weighted by Gasteiger charge is -2.17. The summed E-state index contributed by atoms with van der Waals surface area (Å²) in [5.41, 5.74) is 2.65. The lowest BCUT2D eigenvalue weighted by molar-refractivity contribution is 0.0697. The van der Waals surface area contributed by atoms with Gasteiger partial charge in [0.05, 0.1) is 5.56 Å². The zero-order valence-electron chi connectivity index (χ0n) is 11.8. The molecule has 0 radical (unpaired) electrons. The summed E-state index contributed by atoms with van der Waals surface area (Å²) in [6.45, 7) is 2.86. The predicted octanol–water partition coefficient (Wildman–Crippen LogP) is 4.39. The highest BCUT2D eigenvalue weighted by Crippen LogP contribution is 2.20. The highest BCUT2D eigenvalue weighted by molar-refractivity contribution is 9.10. The molecule has 4 heteroatoms. The van der Waals surface area contributed by atoms with Gasteiger partial charge < -0.3 is 10.4 Å². The Morgan fingerprint density at radius 2 is 1.76 bits per heavy atom. The summed E-state index contributed by atoms with van der Waals surface area (Å²) in [5.74, 6) is -0.893. The van der Waals surface area contributed by atoms with Crippen LogP contribution in [-0.2, 0) is 6.54 Å². The molecule has 0 spiro atoms. The second-order valence-corrected chi connectivity index (χ2v) is 5.81. The minimum absolute atomic E-state index is 0.289.